The van der Waals surface area contributed by atoms with Crippen LogP contribution in [0.25, 0.3) is 0 Å². The molecule has 0 aliphatic rings. The Kier molecular flexibility index (Phi) is 22.6. The summed E-state index contributed by atoms with van der Waals surface area (Å²) in [6, 6.07) is 0. The summed E-state index contributed by atoms with van der Waals surface area (Å²) in [4.78, 5) is 0. The molecular weight excluding hydrogens is 405 g/mol. The fourth-order valence-corrected chi connectivity index (χ4v) is 2.91. The molecule has 29 heavy (non-hydrogen) atoms. The van der Waals surface area contributed by atoms with Gasteiger partial charge in [-0.05, 0) is 25.0 Å². The summed E-state index contributed by atoms with van der Waals surface area (Å²) in [5, 5.41) is 0. The van der Waals surface area contributed by atoms with E-state index in [9.17, 15) is 13.2 Å². The molecule has 176 valence electrons. The Bertz CT molecular complexity index is 321. The quantitative estimate of drug-likeness (QED) is 0.158. The summed E-state index contributed by atoms with van der Waals surface area (Å²) < 4.78 is 57.0. The molecule has 0 rings (SSSR count). The topological polar surface area (TPSA) is 36.9 Å². The van der Waals surface area contributed by atoms with Crippen molar-refractivity contribution in [3.05, 3.63) is 0 Å². The lowest BCUT2D eigenvalue weighted by Gasteiger charge is -2.08. The maximum absolute atomic E-state index is 11.9. The largest absolute Gasteiger partial charge is 0.389 e. The maximum atomic E-state index is 11.9. The predicted octanol–water partition coefficient (Wildman–Crippen LogP) is 5.84. The zero-order valence-electron chi connectivity index (χ0n) is 17.9. The van der Waals surface area contributed by atoms with Gasteiger partial charge in [0.05, 0.1) is 39.6 Å². The Morgan fingerprint density at radius 3 is 1.21 bits per heavy atom. The molecule has 0 aromatic rings. The minimum atomic E-state index is -4.10. The zero-order chi connectivity index (χ0) is 21.5. The summed E-state index contributed by atoms with van der Waals surface area (Å²) >= 11 is 4.22. The van der Waals surface area contributed by atoms with E-state index in [1.54, 1.807) is 0 Å². The van der Waals surface area contributed by atoms with E-state index >= 15 is 0 Å². The van der Waals surface area contributed by atoms with E-state index in [4.69, 9.17) is 18.9 Å². The molecule has 0 heterocycles. The van der Waals surface area contributed by atoms with Gasteiger partial charge >= 0.3 is 6.18 Å². The molecule has 0 N–H and O–H groups in total. The van der Waals surface area contributed by atoms with Gasteiger partial charge in [-0.25, -0.2) is 0 Å². The second kappa shape index (κ2) is 22.7. The molecule has 0 aromatic heterocycles. The first-order valence-corrected chi connectivity index (χ1v) is 11.7. The molecule has 0 saturated carbocycles. The number of halogens is 3. The predicted molar refractivity (Wildman–Crippen MR) is 114 cm³/mol. The molecule has 0 aromatic carbocycles. The summed E-state index contributed by atoms with van der Waals surface area (Å²) in [5.74, 6) is 1.01. The standard InChI is InChI=1S/C21H41F3O4S/c22-21(23,24)11-10-13-26-15-17-28-19-18-27-16-14-25-12-8-6-4-2-1-3-5-7-9-20-29/h29H,1-20H2. The van der Waals surface area contributed by atoms with E-state index < -0.39 is 12.6 Å². The third-order valence-electron chi connectivity index (χ3n) is 4.31. The van der Waals surface area contributed by atoms with Gasteiger partial charge in [0, 0.05) is 19.6 Å². The van der Waals surface area contributed by atoms with Gasteiger partial charge in [0.2, 0.25) is 0 Å². The van der Waals surface area contributed by atoms with Crippen LogP contribution in [0.4, 0.5) is 13.2 Å². The van der Waals surface area contributed by atoms with E-state index in [1.165, 1.54) is 51.4 Å². The van der Waals surface area contributed by atoms with Crippen LogP contribution in [0.2, 0.25) is 0 Å². The molecule has 0 aliphatic carbocycles. The fourth-order valence-electron chi connectivity index (χ4n) is 2.69. The molecule has 0 amide bonds. The van der Waals surface area contributed by atoms with Gasteiger partial charge in [-0.15, -0.1) is 0 Å². The molecule has 0 radical (unpaired) electrons. The van der Waals surface area contributed by atoms with Crippen LogP contribution in [0.5, 0.6) is 0 Å². The smallest absolute Gasteiger partial charge is 0.379 e. The number of hydrogen-bond donors (Lipinski definition) is 1. The highest BCUT2D eigenvalue weighted by Gasteiger charge is 2.25. The molecule has 0 atom stereocenters. The van der Waals surface area contributed by atoms with Gasteiger partial charge in [-0.3, -0.25) is 0 Å². The second-order valence-corrected chi connectivity index (χ2v) is 7.52. The van der Waals surface area contributed by atoms with Gasteiger partial charge < -0.3 is 18.9 Å². The van der Waals surface area contributed by atoms with Crippen molar-refractivity contribution < 1.29 is 32.1 Å². The van der Waals surface area contributed by atoms with E-state index in [2.05, 4.69) is 12.6 Å². The lowest BCUT2D eigenvalue weighted by molar-refractivity contribution is -0.138. The third-order valence-corrected chi connectivity index (χ3v) is 4.63. The monoisotopic (exact) mass is 446 g/mol. The van der Waals surface area contributed by atoms with Gasteiger partial charge in [-0.2, -0.15) is 25.8 Å². The Morgan fingerprint density at radius 1 is 0.448 bits per heavy atom. The molecule has 0 spiro atoms. The van der Waals surface area contributed by atoms with Crippen LogP contribution >= 0.6 is 12.6 Å². The van der Waals surface area contributed by atoms with Crippen molar-refractivity contribution in [1.29, 1.82) is 0 Å². The molecule has 0 aliphatic heterocycles. The molecular formula is C21H41F3O4S. The summed E-state index contributed by atoms with van der Waals surface area (Å²) in [7, 11) is 0. The fraction of sp³-hybridized carbons (Fsp3) is 1.00. The van der Waals surface area contributed by atoms with Gasteiger partial charge in [0.15, 0.2) is 0 Å². The Labute approximate surface area is 180 Å². The highest BCUT2D eigenvalue weighted by Crippen LogP contribution is 2.20. The van der Waals surface area contributed by atoms with Crippen molar-refractivity contribution in [2.45, 2.75) is 76.8 Å². The SMILES string of the molecule is FC(F)(F)CCCOCCOCCOCCOCCCCCCCCCCCS. The third kappa shape index (κ3) is 28.0. The van der Waals surface area contributed by atoms with E-state index in [0.29, 0.717) is 39.6 Å². The van der Waals surface area contributed by atoms with Crippen LogP contribution in [0.15, 0.2) is 0 Å². The molecule has 0 saturated heterocycles. The highest BCUT2D eigenvalue weighted by molar-refractivity contribution is 7.80. The number of ether oxygens (including phenoxy) is 4. The summed E-state index contributed by atoms with van der Waals surface area (Å²) in [6.45, 7) is 3.61. The van der Waals surface area contributed by atoms with Crippen molar-refractivity contribution in [2.75, 3.05) is 58.6 Å². The summed E-state index contributed by atoms with van der Waals surface area (Å²) in [5.41, 5.74) is 0. The lowest BCUT2D eigenvalue weighted by atomic mass is 10.1. The number of alkyl halides is 3. The van der Waals surface area contributed by atoms with Crippen LogP contribution in [0.3, 0.4) is 0 Å². The van der Waals surface area contributed by atoms with Gasteiger partial charge in [0.1, 0.15) is 0 Å². The van der Waals surface area contributed by atoms with Crippen LogP contribution in [-0.2, 0) is 18.9 Å². The van der Waals surface area contributed by atoms with Crippen LogP contribution in [0, 0.1) is 0 Å². The second-order valence-electron chi connectivity index (χ2n) is 7.07. The Morgan fingerprint density at radius 2 is 0.793 bits per heavy atom. The maximum Gasteiger partial charge on any atom is 0.389 e. The van der Waals surface area contributed by atoms with Crippen molar-refractivity contribution in [1.82, 2.24) is 0 Å². The zero-order valence-corrected chi connectivity index (χ0v) is 18.8. The summed E-state index contributed by atoms with van der Waals surface area (Å²) in [6.07, 6.45) is 6.60. The van der Waals surface area contributed by atoms with Crippen LogP contribution in [-0.4, -0.2) is 64.8 Å². The van der Waals surface area contributed by atoms with Crippen LogP contribution in [0.1, 0.15) is 70.6 Å². The van der Waals surface area contributed by atoms with Gasteiger partial charge in [0.25, 0.3) is 0 Å². The molecule has 4 nitrogen and oxygen atoms in total. The average molecular weight is 447 g/mol. The van der Waals surface area contributed by atoms with Crippen molar-refractivity contribution in [3.8, 4) is 0 Å². The Balaban J connectivity index is 3.02. The number of rotatable bonds is 23. The minimum absolute atomic E-state index is 0.0103. The first kappa shape index (κ1) is 29.0. The first-order chi connectivity index (χ1) is 14.1. The Hall–Kier alpha value is -0.0200. The van der Waals surface area contributed by atoms with Crippen molar-refractivity contribution >= 4 is 12.6 Å². The molecule has 0 fully saturated rings. The lowest BCUT2D eigenvalue weighted by Crippen LogP contribution is -2.13. The van der Waals surface area contributed by atoms with Crippen molar-refractivity contribution in [2.24, 2.45) is 0 Å². The van der Waals surface area contributed by atoms with Crippen molar-refractivity contribution in [3.63, 3.8) is 0 Å². The van der Waals surface area contributed by atoms with E-state index in [1.807, 2.05) is 0 Å². The number of hydrogen-bond acceptors (Lipinski definition) is 5. The van der Waals surface area contributed by atoms with Gasteiger partial charge in [-0.1, -0.05) is 44.9 Å². The van der Waals surface area contributed by atoms with E-state index in [0.717, 1.165) is 18.8 Å². The number of unbranched alkanes of at least 4 members (excludes halogenated alkanes) is 8. The average Bonchev–Trinajstić information content (AvgIpc) is 2.67. The number of thiol groups is 1. The highest BCUT2D eigenvalue weighted by atomic mass is 32.1. The molecule has 0 unspecified atom stereocenters. The van der Waals surface area contributed by atoms with Crippen LogP contribution < -0.4 is 0 Å². The minimum Gasteiger partial charge on any atom is -0.379 e. The molecule has 8 heteroatoms. The normalized spacial score (nSPS) is 12.0. The molecule has 0 bridgehead atoms. The van der Waals surface area contributed by atoms with E-state index in [-0.39, 0.29) is 13.0 Å². The first-order valence-electron chi connectivity index (χ1n) is 11.0.